The number of aromatic nitrogens is 2. The Morgan fingerprint density at radius 3 is 2.81 bits per heavy atom. The highest BCUT2D eigenvalue weighted by molar-refractivity contribution is 8.00. The first-order valence-electron chi connectivity index (χ1n) is 12.3. The number of rotatable bonds is 7. The zero-order chi connectivity index (χ0) is 25.2. The number of hydrogen-bond acceptors (Lipinski definition) is 7. The largest absolute Gasteiger partial charge is 0.465 e. The lowest BCUT2D eigenvalue weighted by Gasteiger charge is -2.19. The minimum Gasteiger partial charge on any atom is -0.465 e. The number of methoxy groups -OCH3 is 1. The number of fused-ring (bicyclic) bond motifs is 2. The van der Waals surface area contributed by atoms with E-state index in [0.717, 1.165) is 37.8 Å². The fourth-order valence-electron chi connectivity index (χ4n) is 4.79. The second-order valence-electron chi connectivity index (χ2n) is 9.26. The maximum Gasteiger partial charge on any atom is 0.337 e. The van der Waals surface area contributed by atoms with Crippen LogP contribution in [0, 0.1) is 0 Å². The third kappa shape index (κ3) is 5.03. The third-order valence-electron chi connectivity index (χ3n) is 6.77. The number of carbonyl (C=O) groups is 2. The van der Waals surface area contributed by atoms with Crippen molar-refractivity contribution in [3.8, 4) is 0 Å². The van der Waals surface area contributed by atoms with E-state index >= 15 is 0 Å². The minimum absolute atomic E-state index is 0.0776. The summed E-state index contributed by atoms with van der Waals surface area (Å²) in [6, 6.07) is 10.8. The average Bonchev–Trinajstić information content (AvgIpc) is 3.57. The molecule has 36 heavy (non-hydrogen) atoms. The standard InChI is InChI=1S/C27H29N3O5S/c1-16(24(31)28-20-10-8-17-5-3-6-18(17)13-20)36-27-29-23-14-19(26(33)34-2)9-11-22(23)25(32)30(27)15-21-7-4-12-35-21/h8-11,13-14,16,21H,3-7,12,15H2,1-2H3,(H,28,31). The molecule has 9 heteroatoms. The van der Waals surface area contributed by atoms with Crippen LogP contribution in [0.4, 0.5) is 5.69 Å². The predicted molar refractivity (Wildman–Crippen MR) is 139 cm³/mol. The van der Waals surface area contributed by atoms with Crippen LogP contribution in [-0.4, -0.2) is 46.5 Å². The van der Waals surface area contributed by atoms with Crippen molar-refractivity contribution in [1.29, 1.82) is 0 Å². The zero-order valence-electron chi connectivity index (χ0n) is 20.4. The van der Waals surface area contributed by atoms with Crippen molar-refractivity contribution in [2.45, 2.75) is 62.1 Å². The van der Waals surface area contributed by atoms with Crippen LogP contribution in [0.2, 0.25) is 0 Å². The number of ether oxygens (including phenoxy) is 2. The van der Waals surface area contributed by atoms with Crippen molar-refractivity contribution in [3.05, 3.63) is 63.4 Å². The van der Waals surface area contributed by atoms with E-state index in [-0.39, 0.29) is 17.6 Å². The van der Waals surface area contributed by atoms with E-state index in [1.165, 1.54) is 30.0 Å². The molecule has 3 aromatic rings. The van der Waals surface area contributed by atoms with Gasteiger partial charge in [0.15, 0.2) is 5.16 Å². The zero-order valence-corrected chi connectivity index (χ0v) is 21.2. The van der Waals surface area contributed by atoms with Crippen molar-refractivity contribution in [3.63, 3.8) is 0 Å². The molecular weight excluding hydrogens is 478 g/mol. The fourth-order valence-corrected chi connectivity index (χ4v) is 5.71. The summed E-state index contributed by atoms with van der Waals surface area (Å²) in [7, 11) is 1.31. The van der Waals surface area contributed by atoms with E-state index in [4.69, 9.17) is 14.5 Å². The summed E-state index contributed by atoms with van der Waals surface area (Å²) in [6.45, 7) is 2.83. The molecule has 1 saturated heterocycles. The van der Waals surface area contributed by atoms with Gasteiger partial charge in [-0.05, 0) is 80.5 Å². The number of thioether (sulfide) groups is 1. The fraction of sp³-hybridized carbons (Fsp3) is 0.407. The van der Waals surface area contributed by atoms with Gasteiger partial charge in [0.25, 0.3) is 5.56 Å². The van der Waals surface area contributed by atoms with Gasteiger partial charge >= 0.3 is 5.97 Å². The van der Waals surface area contributed by atoms with Gasteiger partial charge in [-0.2, -0.15) is 0 Å². The maximum atomic E-state index is 13.5. The average molecular weight is 508 g/mol. The summed E-state index contributed by atoms with van der Waals surface area (Å²) in [5.74, 6) is -0.669. The molecule has 1 N–H and O–H groups in total. The molecule has 1 aliphatic carbocycles. The third-order valence-corrected chi connectivity index (χ3v) is 7.86. The molecule has 5 rings (SSSR count). The molecule has 0 saturated carbocycles. The molecule has 8 nitrogen and oxygen atoms in total. The minimum atomic E-state index is -0.512. The number of amides is 1. The lowest BCUT2D eigenvalue weighted by Crippen LogP contribution is -2.30. The van der Waals surface area contributed by atoms with Crippen molar-refractivity contribution in [2.24, 2.45) is 0 Å². The van der Waals surface area contributed by atoms with Gasteiger partial charge in [0, 0.05) is 12.3 Å². The Balaban J connectivity index is 1.44. The van der Waals surface area contributed by atoms with Gasteiger partial charge in [0.2, 0.25) is 5.91 Å². The first kappa shape index (κ1) is 24.5. The summed E-state index contributed by atoms with van der Waals surface area (Å²) in [5, 5.41) is 3.32. The molecule has 1 aromatic heterocycles. The summed E-state index contributed by atoms with van der Waals surface area (Å²) >= 11 is 1.22. The molecule has 1 amide bonds. The first-order chi connectivity index (χ1) is 17.4. The van der Waals surface area contributed by atoms with E-state index in [1.807, 2.05) is 12.1 Å². The van der Waals surface area contributed by atoms with Gasteiger partial charge in [0.1, 0.15) is 0 Å². The number of benzene rings is 2. The Morgan fingerprint density at radius 1 is 1.19 bits per heavy atom. The van der Waals surface area contributed by atoms with Crippen molar-refractivity contribution in [1.82, 2.24) is 9.55 Å². The molecule has 0 bridgehead atoms. The number of anilines is 1. The van der Waals surface area contributed by atoms with E-state index < -0.39 is 11.2 Å². The molecule has 2 heterocycles. The van der Waals surface area contributed by atoms with Crippen LogP contribution in [0.25, 0.3) is 10.9 Å². The van der Waals surface area contributed by atoms with Crippen molar-refractivity contribution >= 4 is 40.2 Å². The quantitative estimate of drug-likeness (QED) is 0.293. The number of nitrogens with zero attached hydrogens (tertiary/aromatic N) is 2. The SMILES string of the molecule is COC(=O)c1ccc2c(=O)n(CC3CCCO3)c(SC(C)C(=O)Nc3ccc4c(c3)CCC4)nc2c1. The number of aryl methyl sites for hydroxylation is 2. The van der Waals surface area contributed by atoms with Crippen LogP contribution in [0.15, 0.2) is 46.3 Å². The lowest BCUT2D eigenvalue weighted by atomic mass is 10.1. The van der Waals surface area contributed by atoms with Gasteiger partial charge in [-0.1, -0.05) is 17.8 Å². The summed E-state index contributed by atoms with van der Waals surface area (Å²) < 4.78 is 12.2. The van der Waals surface area contributed by atoms with Crippen LogP contribution in [-0.2, 0) is 33.7 Å². The topological polar surface area (TPSA) is 99.5 Å². The summed E-state index contributed by atoms with van der Waals surface area (Å²) in [4.78, 5) is 43.3. The Hall–Kier alpha value is -3.17. The smallest absolute Gasteiger partial charge is 0.337 e. The molecule has 188 valence electrons. The summed E-state index contributed by atoms with van der Waals surface area (Å²) in [6.07, 6.45) is 5.00. The number of esters is 1. The number of nitrogens with one attached hydrogen (secondary N) is 1. The Kier molecular flexibility index (Phi) is 7.11. The molecular formula is C27H29N3O5S. The predicted octanol–water partition coefficient (Wildman–Crippen LogP) is 3.97. The van der Waals surface area contributed by atoms with E-state index in [1.54, 1.807) is 29.7 Å². The highest BCUT2D eigenvalue weighted by Crippen LogP contribution is 2.28. The molecule has 0 spiro atoms. The normalized spacial score (nSPS) is 17.7. The van der Waals surface area contributed by atoms with Gasteiger partial charge in [-0.15, -0.1) is 0 Å². The number of hydrogen-bond donors (Lipinski definition) is 1. The lowest BCUT2D eigenvalue weighted by molar-refractivity contribution is -0.115. The van der Waals surface area contributed by atoms with E-state index in [0.29, 0.717) is 34.8 Å². The van der Waals surface area contributed by atoms with Crippen LogP contribution in [0.1, 0.15) is 47.7 Å². The van der Waals surface area contributed by atoms with Crippen LogP contribution < -0.4 is 10.9 Å². The molecule has 2 unspecified atom stereocenters. The van der Waals surface area contributed by atoms with E-state index in [2.05, 4.69) is 11.4 Å². The Morgan fingerprint density at radius 2 is 2.03 bits per heavy atom. The van der Waals surface area contributed by atoms with Crippen LogP contribution in [0.5, 0.6) is 0 Å². The Labute approximate surface area is 213 Å². The van der Waals surface area contributed by atoms with Gasteiger partial charge in [0.05, 0.1) is 41.5 Å². The van der Waals surface area contributed by atoms with Gasteiger partial charge < -0.3 is 14.8 Å². The van der Waals surface area contributed by atoms with E-state index in [9.17, 15) is 14.4 Å². The number of carbonyl (C=O) groups excluding carboxylic acids is 2. The molecule has 0 radical (unpaired) electrons. The molecule has 2 aliphatic rings. The second-order valence-corrected chi connectivity index (χ2v) is 10.6. The highest BCUT2D eigenvalue weighted by Gasteiger charge is 2.24. The maximum absolute atomic E-state index is 13.5. The Bertz CT molecular complexity index is 1380. The second kappa shape index (κ2) is 10.4. The van der Waals surface area contributed by atoms with Crippen LogP contribution >= 0.6 is 11.8 Å². The molecule has 2 atom stereocenters. The van der Waals surface area contributed by atoms with Crippen molar-refractivity contribution in [2.75, 3.05) is 19.0 Å². The van der Waals surface area contributed by atoms with Crippen LogP contribution in [0.3, 0.4) is 0 Å². The van der Waals surface area contributed by atoms with Gasteiger partial charge in [-0.25, -0.2) is 9.78 Å². The van der Waals surface area contributed by atoms with Crippen molar-refractivity contribution < 1.29 is 19.1 Å². The summed E-state index contributed by atoms with van der Waals surface area (Å²) in [5.41, 5.74) is 3.89. The first-order valence-corrected chi connectivity index (χ1v) is 13.1. The highest BCUT2D eigenvalue weighted by atomic mass is 32.2. The molecule has 1 fully saturated rings. The molecule has 2 aromatic carbocycles. The molecule has 1 aliphatic heterocycles. The van der Waals surface area contributed by atoms with Gasteiger partial charge in [-0.3, -0.25) is 14.2 Å². The monoisotopic (exact) mass is 507 g/mol.